The number of carbonyl (C=O) groups is 1. The molecule has 0 spiro atoms. The topological polar surface area (TPSA) is 32.3 Å². The standard InChI is InChI=1S/C22H28FN.CH3NOS/c1-15-10-20(11-16(2)21(15)13-22(3,4)5)24-9-8-17-12-19(23)7-6-18(17)14-24;3-1-2-4/h6-7,10-12H,8-9,13-14H2,1-5H3;1,4H,(H,2,3). The minimum atomic E-state index is -0.125. The van der Waals surface area contributed by atoms with Crippen LogP contribution in [-0.4, -0.2) is 13.0 Å². The number of aryl methyl sites for hydroxylation is 2. The zero-order chi connectivity index (χ0) is 20.9. The van der Waals surface area contributed by atoms with Crippen LogP contribution in [0.5, 0.6) is 0 Å². The van der Waals surface area contributed by atoms with Gasteiger partial charge in [-0.1, -0.05) is 39.7 Å². The maximum Gasteiger partial charge on any atom is 0.216 e. The Morgan fingerprint density at radius 1 is 1.14 bits per heavy atom. The quantitative estimate of drug-likeness (QED) is 0.548. The summed E-state index contributed by atoms with van der Waals surface area (Å²) in [5.74, 6) is -0.125. The predicted octanol–water partition coefficient (Wildman–Crippen LogP) is 5.17. The van der Waals surface area contributed by atoms with Gasteiger partial charge in [-0.15, -0.1) is 0 Å². The molecule has 0 radical (unpaired) electrons. The largest absolute Gasteiger partial charge is 0.367 e. The van der Waals surface area contributed by atoms with Crippen molar-refractivity contribution in [1.82, 2.24) is 4.72 Å². The number of anilines is 1. The fraction of sp³-hybridized carbons (Fsp3) is 0.435. The third-order valence-electron chi connectivity index (χ3n) is 4.99. The van der Waals surface area contributed by atoms with E-state index in [2.05, 4.69) is 64.5 Å². The molecule has 2 aromatic carbocycles. The van der Waals surface area contributed by atoms with Crippen LogP contribution in [0.2, 0.25) is 0 Å². The maximum atomic E-state index is 13.4. The van der Waals surface area contributed by atoms with Gasteiger partial charge in [-0.05, 0) is 84.2 Å². The van der Waals surface area contributed by atoms with Crippen molar-refractivity contribution in [2.45, 2.75) is 54.0 Å². The number of hydrogen-bond donors (Lipinski definition) is 2. The average molecular weight is 403 g/mol. The molecular weight excluding hydrogens is 371 g/mol. The van der Waals surface area contributed by atoms with Gasteiger partial charge in [0, 0.05) is 18.8 Å². The van der Waals surface area contributed by atoms with E-state index in [9.17, 15) is 4.39 Å². The molecule has 3 nitrogen and oxygen atoms in total. The number of halogens is 1. The maximum absolute atomic E-state index is 13.4. The van der Waals surface area contributed by atoms with Crippen LogP contribution >= 0.6 is 12.8 Å². The molecule has 1 N–H and O–H groups in total. The van der Waals surface area contributed by atoms with Crippen molar-refractivity contribution in [3.63, 3.8) is 0 Å². The highest BCUT2D eigenvalue weighted by Crippen LogP contribution is 2.31. The first-order valence-corrected chi connectivity index (χ1v) is 10.0. The van der Waals surface area contributed by atoms with Gasteiger partial charge in [0.1, 0.15) is 5.82 Å². The summed E-state index contributed by atoms with van der Waals surface area (Å²) < 4.78 is 15.3. The van der Waals surface area contributed by atoms with Gasteiger partial charge in [-0.2, -0.15) is 0 Å². The Morgan fingerprint density at radius 2 is 1.75 bits per heavy atom. The monoisotopic (exact) mass is 402 g/mol. The highest BCUT2D eigenvalue weighted by molar-refractivity contribution is 7.78. The molecule has 1 aliphatic heterocycles. The van der Waals surface area contributed by atoms with E-state index in [0.29, 0.717) is 11.8 Å². The van der Waals surface area contributed by atoms with E-state index in [-0.39, 0.29) is 5.82 Å². The van der Waals surface area contributed by atoms with Crippen LogP contribution in [0, 0.1) is 25.1 Å². The molecule has 0 atom stereocenters. The molecule has 0 aliphatic carbocycles. The zero-order valence-corrected chi connectivity index (χ0v) is 18.4. The molecule has 2 aromatic rings. The van der Waals surface area contributed by atoms with Crippen molar-refractivity contribution >= 4 is 24.9 Å². The molecule has 152 valence electrons. The first kappa shape index (κ1) is 22.3. The number of benzene rings is 2. The third-order valence-corrected chi connectivity index (χ3v) is 5.09. The molecule has 1 aliphatic rings. The highest BCUT2D eigenvalue weighted by atomic mass is 32.1. The second-order valence-corrected chi connectivity index (χ2v) is 8.89. The van der Waals surface area contributed by atoms with Crippen LogP contribution in [0.15, 0.2) is 30.3 Å². The summed E-state index contributed by atoms with van der Waals surface area (Å²) >= 11 is 3.30. The van der Waals surface area contributed by atoms with E-state index in [1.807, 2.05) is 10.8 Å². The second kappa shape index (κ2) is 9.46. The van der Waals surface area contributed by atoms with Gasteiger partial charge in [0.25, 0.3) is 0 Å². The Balaban J connectivity index is 0.000000640. The Bertz CT molecular complexity index is 807. The lowest BCUT2D eigenvalue weighted by atomic mass is 9.84. The van der Waals surface area contributed by atoms with E-state index >= 15 is 0 Å². The number of rotatable bonds is 3. The van der Waals surface area contributed by atoms with Crippen LogP contribution in [0.4, 0.5) is 10.1 Å². The molecule has 0 bridgehead atoms. The SMILES string of the molecule is Cc1cc(N2CCc3cc(F)ccc3C2)cc(C)c1CC(C)(C)C.O=CNS. The number of carbonyl (C=O) groups excluding carboxylic acids is 1. The molecule has 0 saturated carbocycles. The first-order valence-electron chi connectivity index (χ1n) is 9.60. The number of hydrogen-bond acceptors (Lipinski definition) is 3. The van der Waals surface area contributed by atoms with Gasteiger partial charge in [-0.3, -0.25) is 4.79 Å². The lowest BCUT2D eigenvalue weighted by Crippen LogP contribution is -2.30. The Labute approximate surface area is 173 Å². The fourth-order valence-electron chi connectivity index (χ4n) is 3.70. The summed E-state index contributed by atoms with van der Waals surface area (Å²) in [5.41, 5.74) is 8.23. The summed E-state index contributed by atoms with van der Waals surface area (Å²) in [4.78, 5) is 11.4. The van der Waals surface area contributed by atoms with Crippen LogP contribution in [-0.2, 0) is 24.2 Å². The Morgan fingerprint density at radius 3 is 2.29 bits per heavy atom. The third kappa shape index (κ3) is 5.99. The molecule has 0 saturated heterocycles. The lowest BCUT2D eigenvalue weighted by molar-refractivity contribution is -0.107. The van der Waals surface area contributed by atoms with Gasteiger partial charge in [-0.25, -0.2) is 4.39 Å². The number of nitrogens with zero attached hydrogens (tertiary/aromatic N) is 1. The van der Waals surface area contributed by atoms with Crippen molar-refractivity contribution in [1.29, 1.82) is 0 Å². The van der Waals surface area contributed by atoms with E-state index in [4.69, 9.17) is 4.79 Å². The van der Waals surface area contributed by atoms with Gasteiger partial charge >= 0.3 is 0 Å². The van der Waals surface area contributed by atoms with Gasteiger partial charge in [0.05, 0.1) is 0 Å². The van der Waals surface area contributed by atoms with Crippen LogP contribution in [0.25, 0.3) is 0 Å². The summed E-state index contributed by atoms with van der Waals surface area (Å²) in [6, 6.07) is 9.84. The van der Waals surface area contributed by atoms with Crippen molar-refractivity contribution in [2.24, 2.45) is 5.41 Å². The summed E-state index contributed by atoms with van der Waals surface area (Å²) in [6.45, 7) is 13.2. The van der Waals surface area contributed by atoms with Crippen LogP contribution in [0.3, 0.4) is 0 Å². The molecule has 0 fully saturated rings. The van der Waals surface area contributed by atoms with Crippen LogP contribution < -0.4 is 9.62 Å². The highest BCUT2D eigenvalue weighted by Gasteiger charge is 2.20. The van der Waals surface area contributed by atoms with Gasteiger partial charge in [0.2, 0.25) is 6.41 Å². The Kier molecular flexibility index (Phi) is 7.53. The van der Waals surface area contributed by atoms with Crippen molar-refractivity contribution in [3.05, 3.63) is 64.0 Å². The van der Waals surface area contributed by atoms with Gasteiger partial charge in [0.15, 0.2) is 0 Å². The number of amides is 1. The molecule has 5 heteroatoms. The minimum Gasteiger partial charge on any atom is -0.367 e. The lowest BCUT2D eigenvalue weighted by Gasteiger charge is -2.32. The van der Waals surface area contributed by atoms with E-state index in [1.165, 1.54) is 27.9 Å². The molecule has 28 heavy (non-hydrogen) atoms. The normalized spacial score (nSPS) is 13.3. The molecule has 3 rings (SSSR count). The van der Waals surface area contributed by atoms with Crippen LogP contribution in [0.1, 0.15) is 48.6 Å². The minimum absolute atomic E-state index is 0.125. The van der Waals surface area contributed by atoms with E-state index in [1.54, 1.807) is 12.1 Å². The van der Waals surface area contributed by atoms with E-state index < -0.39 is 0 Å². The molecule has 0 unspecified atom stereocenters. The molecule has 0 aromatic heterocycles. The zero-order valence-electron chi connectivity index (χ0n) is 17.5. The first-order chi connectivity index (χ1) is 13.1. The van der Waals surface area contributed by atoms with Crippen molar-refractivity contribution in [3.8, 4) is 0 Å². The Hall–Kier alpha value is -2.01. The summed E-state index contributed by atoms with van der Waals surface area (Å²) in [6.07, 6.45) is 2.51. The van der Waals surface area contributed by atoms with Crippen molar-refractivity contribution < 1.29 is 9.18 Å². The fourth-order valence-corrected chi connectivity index (χ4v) is 3.70. The molecular formula is C23H31FN2OS. The smallest absolute Gasteiger partial charge is 0.216 e. The summed E-state index contributed by atoms with van der Waals surface area (Å²) in [7, 11) is 0. The second-order valence-electron chi connectivity index (χ2n) is 8.63. The van der Waals surface area contributed by atoms with E-state index in [0.717, 1.165) is 31.5 Å². The predicted molar refractivity (Wildman–Crippen MR) is 118 cm³/mol. The number of fused-ring (bicyclic) bond motifs is 1. The molecule has 1 amide bonds. The number of nitrogens with one attached hydrogen (secondary N) is 1. The number of thiol groups is 1. The summed E-state index contributed by atoms with van der Waals surface area (Å²) in [5, 5.41) is 0. The van der Waals surface area contributed by atoms with Gasteiger partial charge < -0.3 is 9.62 Å². The van der Waals surface area contributed by atoms with Crippen molar-refractivity contribution in [2.75, 3.05) is 11.4 Å². The molecule has 1 heterocycles. The average Bonchev–Trinajstić information content (AvgIpc) is 2.63.